The van der Waals surface area contributed by atoms with Gasteiger partial charge in [-0.25, -0.2) is 0 Å². The maximum Gasteiger partial charge on any atom is 0.220 e. The van der Waals surface area contributed by atoms with Crippen LogP contribution in [-0.2, 0) is 31.2 Å². The van der Waals surface area contributed by atoms with Gasteiger partial charge in [-0.2, -0.15) is 5.10 Å². The molecule has 2 aliphatic rings. The van der Waals surface area contributed by atoms with Crippen molar-refractivity contribution in [1.29, 1.82) is 0 Å². The summed E-state index contributed by atoms with van der Waals surface area (Å²) in [5, 5.41) is 7.67. The van der Waals surface area contributed by atoms with E-state index in [-0.39, 0.29) is 5.91 Å². The molecule has 1 aromatic heterocycles. The number of hydrogen-bond donors (Lipinski definition) is 1. The third kappa shape index (κ3) is 2.89. The second kappa shape index (κ2) is 5.98. The summed E-state index contributed by atoms with van der Waals surface area (Å²) in [4.78, 5) is 12.0. The largest absolute Gasteiger partial charge is 0.350 e. The first-order valence-electron chi connectivity index (χ1n) is 8.04. The fourth-order valence-corrected chi connectivity index (χ4v) is 3.73. The molecule has 0 unspecified atom stereocenters. The highest BCUT2D eigenvalue weighted by atomic mass is 16.1. The van der Waals surface area contributed by atoms with Crippen LogP contribution in [0.1, 0.15) is 61.9 Å². The van der Waals surface area contributed by atoms with Crippen molar-refractivity contribution in [3.8, 4) is 0 Å². The number of aromatic nitrogens is 2. The second-order valence-electron chi connectivity index (χ2n) is 6.33. The van der Waals surface area contributed by atoms with Crippen molar-refractivity contribution in [2.24, 2.45) is 13.0 Å². The first-order chi connectivity index (χ1) is 9.74. The van der Waals surface area contributed by atoms with E-state index < -0.39 is 0 Å². The molecule has 0 saturated heterocycles. The Kier molecular flexibility index (Phi) is 4.08. The van der Waals surface area contributed by atoms with Crippen molar-refractivity contribution in [3.63, 3.8) is 0 Å². The van der Waals surface area contributed by atoms with Crippen LogP contribution in [0.2, 0.25) is 0 Å². The molecule has 0 aromatic carbocycles. The normalized spacial score (nSPS) is 19.1. The average molecular weight is 275 g/mol. The van der Waals surface area contributed by atoms with E-state index in [1.165, 1.54) is 49.8 Å². The van der Waals surface area contributed by atoms with E-state index in [0.717, 1.165) is 18.5 Å². The molecule has 1 saturated carbocycles. The molecule has 0 bridgehead atoms. The van der Waals surface area contributed by atoms with E-state index in [1.807, 2.05) is 11.7 Å². The molecule has 1 fully saturated rings. The van der Waals surface area contributed by atoms with Crippen LogP contribution >= 0.6 is 0 Å². The van der Waals surface area contributed by atoms with Gasteiger partial charge in [0.05, 0.1) is 12.2 Å². The highest BCUT2D eigenvalue weighted by Crippen LogP contribution is 2.27. The van der Waals surface area contributed by atoms with E-state index in [4.69, 9.17) is 0 Å². The van der Waals surface area contributed by atoms with Crippen LogP contribution in [0.4, 0.5) is 0 Å². The number of amides is 1. The first-order valence-corrected chi connectivity index (χ1v) is 8.04. The topological polar surface area (TPSA) is 46.9 Å². The molecular weight excluding hydrogens is 250 g/mol. The summed E-state index contributed by atoms with van der Waals surface area (Å²) in [6.07, 6.45) is 10.5. The third-order valence-corrected chi connectivity index (χ3v) is 4.85. The van der Waals surface area contributed by atoms with Crippen LogP contribution in [0.15, 0.2) is 0 Å². The first kappa shape index (κ1) is 13.7. The summed E-state index contributed by atoms with van der Waals surface area (Å²) in [5.74, 6) is 0.819. The summed E-state index contributed by atoms with van der Waals surface area (Å²) in [7, 11) is 2.02. The molecule has 4 nitrogen and oxygen atoms in total. The van der Waals surface area contributed by atoms with Crippen molar-refractivity contribution in [2.45, 2.75) is 64.3 Å². The molecule has 0 aliphatic heterocycles. The molecule has 0 radical (unpaired) electrons. The molecule has 0 atom stereocenters. The van der Waals surface area contributed by atoms with Crippen LogP contribution in [0.5, 0.6) is 0 Å². The summed E-state index contributed by atoms with van der Waals surface area (Å²) in [6.45, 7) is 0.606. The van der Waals surface area contributed by atoms with Gasteiger partial charge < -0.3 is 5.32 Å². The van der Waals surface area contributed by atoms with E-state index in [0.29, 0.717) is 18.9 Å². The summed E-state index contributed by atoms with van der Waals surface area (Å²) in [5.41, 5.74) is 3.85. The van der Waals surface area contributed by atoms with Gasteiger partial charge >= 0.3 is 0 Å². The molecule has 110 valence electrons. The monoisotopic (exact) mass is 275 g/mol. The molecule has 20 heavy (non-hydrogen) atoms. The van der Waals surface area contributed by atoms with E-state index in [2.05, 4.69) is 10.4 Å². The lowest BCUT2D eigenvalue weighted by Crippen LogP contribution is -2.25. The van der Waals surface area contributed by atoms with Crippen LogP contribution in [0.25, 0.3) is 0 Å². The molecule has 1 N–H and O–H groups in total. The van der Waals surface area contributed by atoms with Gasteiger partial charge in [0.15, 0.2) is 0 Å². The quantitative estimate of drug-likeness (QED) is 0.917. The van der Waals surface area contributed by atoms with Gasteiger partial charge in [0.2, 0.25) is 5.91 Å². The summed E-state index contributed by atoms with van der Waals surface area (Å²) in [6, 6.07) is 0. The minimum atomic E-state index is 0.201. The minimum Gasteiger partial charge on any atom is -0.350 e. The number of carbonyl (C=O) groups is 1. The van der Waals surface area contributed by atoms with Crippen molar-refractivity contribution in [1.82, 2.24) is 15.1 Å². The Labute approximate surface area is 120 Å². The molecule has 1 amide bonds. The molecular formula is C16H25N3O. The Hall–Kier alpha value is -1.32. The molecule has 2 aliphatic carbocycles. The lowest BCUT2D eigenvalue weighted by Gasteiger charge is -2.13. The van der Waals surface area contributed by atoms with Gasteiger partial charge in [0, 0.05) is 19.2 Å². The predicted molar refractivity (Wildman–Crippen MR) is 78.3 cm³/mol. The van der Waals surface area contributed by atoms with Gasteiger partial charge in [0.25, 0.3) is 0 Å². The van der Waals surface area contributed by atoms with Gasteiger partial charge in [-0.05, 0) is 50.0 Å². The predicted octanol–water partition coefficient (Wildman–Crippen LogP) is 2.50. The second-order valence-corrected chi connectivity index (χ2v) is 6.33. The Balaban J connectivity index is 1.56. The zero-order valence-electron chi connectivity index (χ0n) is 12.5. The molecule has 0 spiro atoms. The molecule has 3 rings (SSSR count). The lowest BCUT2D eigenvalue weighted by atomic mass is 9.95. The van der Waals surface area contributed by atoms with Crippen molar-refractivity contribution < 1.29 is 4.79 Å². The standard InChI is InChI=1S/C16H25N3O/c1-19-15-9-5-4-8-13(15)14(18-19)11-17-16(20)10-12-6-2-3-7-12/h12H,2-11H2,1H3,(H,17,20). The number of nitrogens with one attached hydrogen (secondary N) is 1. The maximum atomic E-state index is 12.0. The zero-order chi connectivity index (χ0) is 13.9. The number of aryl methyl sites for hydroxylation is 1. The van der Waals surface area contributed by atoms with E-state index in [1.54, 1.807) is 0 Å². The average Bonchev–Trinajstić information content (AvgIpc) is 3.06. The fraction of sp³-hybridized carbons (Fsp3) is 0.750. The molecule has 1 heterocycles. The fourth-order valence-electron chi connectivity index (χ4n) is 3.73. The van der Waals surface area contributed by atoms with Gasteiger partial charge in [-0.1, -0.05) is 12.8 Å². The third-order valence-electron chi connectivity index (χ3n) is 4.85. The number of nitrogens with zero attached hydrogens (tertiary/aromatic N) is 2. The maximum absolute atomic E-state index is 12.0. The van der Waals surface area contributed by atoms with Crippen LogP contribution in [0.3, 0.4) is 0 Å². The van der Waals surface area contributed by atoms with Crippen molar-refractivity contribution >= 4 is 5.91 Å². The van der Waals surface area contributed by atoms with Crippen molar-refractivity contribution in [3.05, 3.63) is 17.0 Å². The zero-order valence-corrected chi connectivity index (χ0v) is 12.5. The van der Waals surface area contributed by atoms with E-state index in [9.17, 15) is 4.79 Å². The van der Waals surface area contributed by atoms with Crippen LogP contribution < -0.4 is 5.32 Å². The highest BCUT2D eigenvalue weighted by molar-refractivity contribution is 5.76. The Morgan fingerprint density at radius 3 is 2.80 bits per heavy atom. The lowest BCUT2D eigenvalue weighted by molar-refractivity contribution is -0.122. The van der Waals surface area contributed by atoms with Crippen LogP contribution in [0, 0.1) is 5.92 Å². The van der Waals surface area contributed by atoms with Crippen LogP contribution in [-0.4, -0.2) is 15.7 Å². The number of carbonyl (C=O) groups excluding carboxylic acids is 1. The SMILES string of the molecule is Cn1nc(CNC(=O)CC2CCCC2)c2c1CCCC2. The minimum absolute atomic E-state index is 0.201. The summed E-state index contributed by atoms with van der Waals surface area (Å²) < 4.78 is 2.01. The van der Waals surface area contributed by atoms with Crippen molar-refractivity contribution in [2.75, 3.05) is 0 Å². The number of fused-ring (bicyclic) bond motifs is 1. The summed E-state index contributed by atoms with van der Waals surface area (Å²) >= 11 is 0. The van der Waals surface area contributed by atoms with Gasteiger partial charge in [-0.3, -0.25) is 9.48 Å². The highest BCUT2D eigenvalue weighted by Gasteiger charge is 2.21. The number of hydrogen-bond acceptors (Lipinski definition) is 2. The Bertz CT molecular complexity index is 486. The van der Waals surface area contributed by atoms with Gasteiger partial charge in [-0.15, -0.1) is 0 Å². The van der Waals surface area contributed by atoms with Gasteiger partial charge in [0.1, 0.15) is 0 Å². The smallest absolute Gasteiger partial charge is 0.220 e. The number of rotatable bonds is 4. The Morgan fingerprint density at radius 2 is 2.00 bits per heavy atom. The van der Waals surface area contributed by atoms with E-state index >= 15 is 0 Å². The molecule has 4 heteroatoms. The molecule has 1 aromatic rings. The Morgan fingerprint density at radius 1 is 1.25 bits per heavy atom.